The van der Waals surface area contributed by atoms with Crippen LogP contribution in [0.25, 0.3) is 0 Å². The summed E-state index contributed by atoms with van der Waals surface area (Å²) in [4.78, 5) is 10.9. The largest absolute Gasteiger partial charge is 0.510 e. The number of hydrogen-bond acceptors (Lipinski definition) is 4. The Morgan fingerprint density at radius 1 is 1.64 bits per heavy atom. The summed E-state index contributed by atoms with van der Waals surface area (Å²) in [6.45, 7) is 2.32. The first kappa shape index (κ1) is 11.2. The summed E-state index contributed by atoms with van der Waals surface area (Å²) in [5.41, 5.74) is 0. The van der Waals surface area contributed by atoms with Crippen LogP contribution >= 0.6 is 0 Å². The van der Waals surface area contributed by atoms with Crippen molar-refractivity contribution in [3.8, 4) is 0 Å². The molecule has 1 fully saturated rings. The fourth-order valence-electron chi connectivity index (χ4n) is 1.08. The molecule has 1 aliphatic heterocycles. The van der Waals surface area contributed by atoms with Crippen LogP contribution in [0.2, 0.25) is 0 Å². The molecule has 1 heterocycles. The third-order valence-electron chi connectivity index (χ3n) is 1.86. The summed E-state index contributed by atoms with van der Waals surface area (Å²) in [6, 6.07) is 0. The van der Waals surface area contributed by atoms with Crippen molar-refractivity contribution in [3.05, 3.63) is 0 Å². The predicted octanol–water partition coefficient (Wildman–Crippen LogP) is 2.02. The van der Waals surface area contributed by atoms with Crippen LogP contribution < -0.4 is 0 Å². The lowest BCUT2D eigenvalue weighted by Gasteiger charge is -2.10. The minimum Gasteiger partial charge on any atom is -0.434 e. The summed E-state index contributed by atoms with van der Waals surface area (Å²) in [5, 5.41) is 0. The van der Waals surface area contributed by atoms with Gasteiger partial charge in [0.2, 0.25) is 6.29 Å². The first-order chi connectivity index (χ1) is 6.72. The zero-order chi connectivity index (χ0) is 10.4. The van der Waals surface area contributed by atoms with E-state index in [1.54, 1.807) is 0 Å². The molecule has 1 rings (SSSR count). The van der Waals surface area contributed by atoms with Crippen molar-refractivity contribution in [3.63, 3.8) is 0 Å². The van der Waals surface area contributed by atoms with Gasteiger partial charge >= 0.3 is 6.16 Å². The summed E-state index contributed by atoms with van der Waals surface area (Å²) in [7, 11) is 0. The summed E-state index contributed by atoms with van der Waals surface area (Å²) in [5.74, 6) is 0. The number of halogens is 1. The van der Waals surface area contributed by atoms with E-state index >= 15 is 0 Å². The Kier molecular flexibility index (Phi) is 4.65. The van der Waals surface area contributed by atoms with Crippen molar-refractivity contribution in [1.82, 2.24) is 0 Å². The fourth-order valence-corrected chi connectivity index (χ4v) is 1.08. The van der Waals surface area contributed by atoms with E-state index in [0.29, 0.717) is 6.61 Å². The highest BCUT2D eigenvalue weighted by molar-refractivity contribution is 5.59. The van der Waals surface area contributed by atoms with Crippen LogP contribution in [0.3, 0.4) is 0 Å². The van der Waals surface area contributed by atoms with Crippen LogP contribution in [0.15, 0.2) is 0 Å². The molecule has 0 aromatic heterocycles. The van der Waals surface area contributed by atoms with E-state index in [1.807, 2.05) is 6.92 Å². The highest BCUT2D eigenvalue weighted by Gasteiger charge is 2.28. The minimum atomic E-state index is -1.04. The molecule has 4 nitrogen and oxygen atoms in total. The lowest BCUT2D eigenvalue weighted by Crippen LogP contribution is -2.18. The van der Waals surface area contributed by atoms with Gasteiger partial charge in [0.25, 0.3) is 0 Å². The third-order valence-corrected chi connectivity index (χ3v) is 1.86. The van der Waals surface area contributed by atoms with E-state index in [0.717, 1.165) is 12.8 Å². The molecule has 0 N–H and O–H groups in total. The Hall–Kier alpha value is -0.840. The Balaban J connectivity index is 2.08. The Labute approximate surface area is 82.3 Å². The van der Waals surface area contributed by atoms with E-state index in [-0.39, 0.29) is 13.0 Å². The molecule has 0 aromatic carbocycles. The topological polar surface area (TPSA) is 44.8 Å². The molecule has 1 aliphatic rings. The molecule has 0 radical (unpaired) electrons. The van der Waals surface area contributed by atoms with Crippen molar-refractivity contribution in [2.75, 3.05) is 13.2 Å². The maximum absolute atomic E-state index is 12.6. The monoisotopic (exact) mass is 206 g/mol. The van der Waals surface area contributed by atoms with Gasteiger partial charge in [-0.3, -0.25) is 0 Å². The lowest BCUT2D eigenvalue weighted by atomic mass is 10.3. The molecule has 2 atom stereocenters. The predicted molar refractivity (Wildman–Crippen MR) is 46.6 cm³/mol. The zero-order valence-corrected chi connectivity index (χ0v) is 8.20. The molecule has 5 heteroatoms. The first-order valence-corrected chi connectivity index (χ1v) is 4.81. The van der Waals surface area contributed by atoms with Crippen molar-refractivity contribution >= 4 is 6.16 Å². The second kappa shape index (κ2) is 5.80. The molecule has 0 aromatic rings. The molecule has 0 spiro atoms. The van der Waals surface area contributed by atoms with Crippen molar-refractivity contribution in [2.24, 2.45) is 0 Å². The van der Waals surface area contributed by atoms with Crippen molar-refractivity contribution in [1.29, 1.82) is 0 Å². The van der Waals surface area contributed by atoms with Gasteiger partial charge in [-0.05, 0) is 6.42 Å². The number of carbonyl (C=O) groups excluding carboxylic acids is 1. The molecule has 82 valence electrons. The molecule has 0 amide bonds. The van der Waals surface area contributed by atoms with Gasteiger partial charge in [0.1, 0.15) is 6.17 Å². The van der Waals surface area contributed by atoms with E-state index < -0.39 is 18.6 Å². The Morgan fingerprint density at radius 2 is 2.43 bits per heavy atom. The fraction of sp³-hybridized carbons (Fsp3) is 0.889. The van der Waals surface area contributed by atoms with Crippen LogP contribution in [0.4, 0.5) is 9.18 Å². The molecule has 0 aliphatic carbocycles. The SMILES string of the molecule is CCCCOC(=O)OC1CC(F)CO1. The van der Waals surface area contributed by atoms with Gasteiger partial charge in [-0.1, -0.05) is 13.3 Å². The Bertz CT molecular complexity index is 186. The smallest absolute Gasteiger partial charge is 0.434 e. The van der Waals surface area contributed by atoms with Crippen LogP contribution in [-0.2, 0) is 14.2 Å². The second-order valence-electron chi connectivity index (χ2n) is 3.17. The molecule has 14 heavy (non-hydrogen) atoms. The summed E-state index contributed by atoms with van der Waals surface area (Å²) >= 11 is 0. The highest BCUT2D eigenvalue weighted by Crippen LogP contribution is 2.17. The first-order valence-electron chi connectivity index (χ1n) is 4.81. The number of unbranched alkanes of at least 4 members (excludes halogenated alkanes) is 1. The van der Waals surface area contributed by atoms with Gasteiger partial charge in [0.15, 0.2) is 0 Å². The number of carbonyl (C=O) groups is 1. The van der Waals surface area contributed by atoms with Crippen LogP contribution in [-0.4, -0.2) is 31.8 Å². The maximum atomic E-state index is 12.6. The average Bonchev–Trinajstić information content (AvgIpc) is 2.52. The number of alkyl halides is 1. The third kappa shape index (κ3) is 3.91. The van der Waals surface area contributed by atoms with Crippen LogP contribution in [0.5, 0.6) is 0 Å². The van der Waals surface area contributed by atoms with E-state index in [2.05, 4.69) is 0 Å². The van der Waals surface area contributed by atoms with Gasteiger partial charge in [-0.25, -0.2) is 9.18 Å². The molecule has 2 unspecified atom stereocenters. The minimum absolute atomic E-state index is 0.00704. The second-order valence-corrected chi connectivity index (χ2v) is 3.17. The standard InChI is InChI=1S/C9H15FO4/c1-2-3-4-12-9(11)14-8-5-7(10)6-13-8/h7-8H,2-6H2,1H3. The van der Waals surface area contributed by atoms with E-state index in [1.165, 1.54) is 0 Å². The lowest BCUT2D eigenvalue weighted by molar-refractivity contribution is -0.0918. The van der Waals surface area contributed by atoms with Crippen molar-refractivity contribution in [2.45, 2.75) is 38.6 Å². The molecular weight excluding hydrogens is 191 g/mol. The van der Waals surface area contributed by atoms with Crippen LogP contribution in [0.1, 0.15) is 26.2 Å². The molecule has 0 bridgehead atoms. The van der Waals surface area contributed by atoms with Gasteiger partial charge < -0.3 is 14.2 Å². The normalized spacial score (nSPS) is 26.1. The quantitative estimate of drug-likeness (QED) is 0.521. The molecule has 0 saturated carbocycles. The number of rotatable bonds is 4. The highest BCUT2D eigenvalue weighted by atomic mass is 19.1. The Morgan fingerprint density at radius 3 is 3.00 bits per heavy atom. The van der Waals surface area contributed by atoms with Gasteiger partial charge in [-0.2, -0.15) is 0 Å². The maximum Gasteiger partial charge on any atom is 0.510 e. The number of ether oxygens (including phenoxy) is 3. The van der Waals surface area contributed by atoms with Crippen LogP contribution in [0, 0.1) is 0 Å². The molecule has 1 saturated heterocycles. The average molecular weight is 206 g/mol. The zero-order valence-electron chi connectivity index (χ0n) is 8.20. The molecular formula is C9H15FO4. The van der Waals surface area contributed by atoms with Gasteiger partial charge in [-0.15, -0.1) is 0 Å². The summed E-state index contributed by atoms with van der Waals surface area (Å²) < 4.78 is 26.8. The van der Waals surface area contributed by atoms with E-state index in [4.69, 9.17) is 14.2 Å². The van der Waals surface area contributed by atoms with Gasteiger partial charge in [0.05, 0.1) is 13.2 Å². The van der Waals surface area contributed by atoms with E-state index in [9.17, 15) is 9.18 Å². The number of hydrogen-bond donors (Lipinski definition) is 0. The van der Waals surface area contributed by atoms with Crippen molar-refractivity contribution < 1.29 is 23.4 Å². The summed E-state index contributed by atoms with van der Waals surface area (Å²) in [6.07, 6.45) is -0.755. The van der Waals surface area contributed by atoms with Gasteiger partial charge in [0, 0.05) is 6.42 Å².